The first-order chi connectivity index (χ1) is 14.2. The molecule has 0 unspecified atom stereocenters. The maximum absolute atomic E-state index is 5.05. The van der Waals surface area contributed by atoms with E-state index >= 15 is 0 Å². The first-order valence-corrected chi connectivity index (χ1v) is 10.3. The molecule has 3 rings (SSSR count). The number of aryl methyl sites for hydroxylation is 2. The minimum Gasteiger partial charge on any atom is -0.295 e. The topological polar surface area (TPSA) is 15.6 Å². The van der Waals surface area contributed by atoms with E-state index < -0.39 is 0 Å². The highest BCUT2D eigenvalue weighted by Gasteiger charge is 2.13. The van der Waals surface area contributed by atoms with Crippen LogP contribution >= 0.6 is 0 Å². The summed E-state index contributed by atoms with van der Waals surface area (Å²) in [6.45, 7) is 9.19. The summed E-state index contributed by atoms with van der Waals surface area (Å²) in [5.41, 5.74) is 8.37. The van der Waals surface area contributed by atoms with Crippen LogP contribution < -0.4 is 0 Å². The summed E-state index contributed by atoms with van der Waals surface area (Å²) in [6, 6.07) is 25.5. The lowest BCUT2D eigenvalue weighted by atomic mass is 9.93. The Kier molecular flexibility index (Phi) is 7.02. The molecule has 0 heterocycles. The molecule has 3 aromatic carbocycles. The van der Waals surface area contributed by atoms with Gasteiger partial charge in [0.05, 0.1) is 12.3 Å². The highest BCUT2D eigenvalue weighted by molar-refractivity contribution is 6.14. The standard InChI is InChI=1S/C27H30N2/c1-5-22-17-18-25(19-24(22)7-3)27(26-16-12-11-15-23(26)6-2)28-29(4)20-21-13-9-8-10-14-21/h6,8-19H,2,5,7,20H2,1,3-4H3/b28-27-. The van der Waals surface area contributed by atoms with Crippen LogP contribution in [0.15, 0.2) is 84.5 Å². The molecule has 0 fully saturated rings. The lowest BCUT2D eigenvalue weighted by Gasteiger charge is -2.19. The zero-order chi connectivity index (χ0) is 20.6. The van der Waals surface area contributed by atoms with Gasteiger partial charge in [0.15, 0.2) is 0 Å². The Balaban J connectivity index is 2.08. The predicted molar refractivity (Wildman–Crippen MR) is 125 cm³/mol. The Labute approximate surface area is 175 Å². The monoisotopic (exact) mass is 382 g/mol. The van der Waals surface area contributed by atoms with Crippen LogP contribution in [0, 0.1) is 0 Å². The van der Waals surface area contributed by atoms with Crippen molar-refractivity contribution in [1.82, 2.24) is 5.01 Å². The summed E-state index contributed by atoms with van der Waals surface area (Å²) in [7, 11) is 2.03. The van der Waals surface area contributed by atoms with Gasteiger partial charge in [-0.1, -0.05) is 93.2 Å². The van der Waals surface area contributed by atoms with Crippen molar-refractivity contribution in [3.8, 4) is 0 Å². The van der Waals surface area contributed by atoms with Crippen molar-refractivity contribution >= 4 is 11.8 Å². The van der Waals surface area contributed by atoms with Gasteiger partial charge in [-0.2, -0.15) is 5.10 Å². The molecule has 0 N–H and O–H groups in total. The third-order valence-electron chi connectivity index (χ3n) is 5.20. The summed E-state index contributed by atoms with van der Waals surface area (Å²) < 4.78 is 0. The van der Waals surface area contributed by atoms with Crippen molar-refractivity contribution in [2.24, 2.45) is 5.10 Å². The average Bonchev–Trinajstić information content (AvgIpc) is 2.77. The molecule has 0 bridgehead atoms. The van der Waals surface area contributed by atoms with Crippen LogP contribution in [-0.2, 0) is 19.4 Å². The number of rotatable bonds is 8. The maximum atomic E-state index is 5.05. The molecule has 0 amide bonds. The van der Waals surface area contributed by atoms with Gasteiger partial charge in [0.25, 0.3) is 0 Å². The minimum atomic E-state index is 0.758. The van der Waals surface area contributed by atoms with Gasteiger partial charge in [-0.15, -0.1) is 0 Å². The van der Waals surface area contributed by atoms with E-state index in [1.807, 2.05) is 30.3 Å². The van der Waals surface area contributed by atoms with Gasteiger partial charge in [0, 0.05) is 18.2 Å². The molecule has 0 aromatic heterocycles. The fourth-order valence-corrected chi connectivity index (χ4v) is 3.66. The van der Waals surface area contributed by atoms with Gasteiger partial charge in [-0.3, -0.25) is 5.01 Å². The van der Waals surface area contributed by atoms with Crippen molar-refractivity contribution in [2.45, 2.75) is 33.2 Å². The van der Waals surface area contributed by atoms with Gasteiger partial charge in [0.1, 0.15) is 0 Å². The highest BCUT2D eigenvalue weighted by Crippen LogP contribution is 2.21. The van der Waals surface area contributed by atoms with Gasteiger partial charge in [-0.05, 0) is 41.2 Å². The summed E-state index contributed by atoms with van der Waals surface area (Å²) in [6.07, 6.45) is 3.98. The molecule has 0 aliphatic rings. The summed E-state index contributed by atoms with van der Waals surface area (Å²) in [4.78, 5) is 0. The van der Waals surface area contributed by atoms with E-state index in [1.54, 1.807) is 0 Å². The molecule has 0 atom stereocenters. The molecule has 2 heteroatoms. The zero-order valence-electron chi connectivity index (χ0n) is 17.7. The van der Waals surface area contributed by atoms with E-state index in [0.29, 0.717) is 0 Å². The second-order valence-corrected chi connectivity index (χ2v) is 7.23. The number of hydrazone groups is 1. The van der Waals surface area contributed by atoms with E-state index in [-0.39, 0.29) is 0 Å². The number of hydrogen-bond acceptors (Lipinski definition) is 2. The molecule has 0 aliphatic heterocycles. The molecule has 0 radical (unpaired) electrons. The Hall–Kier alpha value is -3.13. The summed E-state index contributed by atoms with van der Waals surface area (Å²) >= 11 is 0. The smallest absolute Gasteiger partial charge is 0.0982 e. The first-order valence-electron chi connectivity index (χ1n) is 10.3. The van der Waals surface area contributed by atoms with E-state index in [1.165, 1.54) is 16.7 Å². The molecule has 0 saturated carbocycles. The second-order valence-electron chi connectivity index (χ2n) is 7.23. The lowest BCUT2D eigenvalue weighted by molar-refractivity contribution is 0.347. The van der Waals surface area contributed by atoms with Crippen molar-refractivity contribution in [3.63, 3.8) is 0 Å². The van der Waals surface area contributed by atoms with Crippen LogP contribution in [0.5, 0.6) is 0 Å². The van der Waals surface area contributed by atoms with Crippen molar-refractivity contribution in [3.05, 3.63) is 113 Å². The molecule has 2 nitrogen and oxygen atoms in total. The third kappa shape index (κ3) is 5.03. The average molecular weight is 383 g/mol. The van der Waals surface area contributed by atoms with E-state index in [0.717, 1.165) is 41.8 Å². The molecule has 0 saturated heterocycles. The molecule has 0 aliphatic carbocycles. The SMILES string of the molecule is C=Cc1ccccc1/C(=N\N(C)Cc1ccccc1)c1ccc(CC)c(CC)c1. The molecule has 3 aromatic rings. The summed E-state index contributed by atoms with van der Waals surface area (Å²) in [5.74, 6) is 0. The number of benzene rings is 3. The quantitative estimate of drug-likeness (QED) is 0.328. The first kappa shape index (κ1) is 20.6. The fraction of sp³-hybridized carbons (Fsp3) is 0.222. The lowest BCUT2D eigenvalue weighted by Crippen LogP contribution is -2.17. The summed E-state index contributed by atoms with van der Waals surface area (Å²) in [5, 5.41) is 7.07. The van der Waals surface area contributed by atoms with Crippen LogP contribution in [0.1, 0.15) is 47.2 Å². The Bertz CT molecular complexity index is 986. The molecule has 148 valence electrons. The number of hydrogen-bond donors (Lipinski definition) is 0. The van der Waals surface area contributed by atoms with Gasteiger partial charge < -0.3 is 0 Å². The maximum Gasteiger partial charge on any atom is 0.0982 e. The Morgan fingerprint density at radius 3 is 2.28 bits per heavy atom. The van der Waals surface area contributed by atoms with Gasteiger partial charge >= 0.3 is 0 Å². The predicted octanol–water partition coefficient (Wildman–Crippen LogP) is 6.34. The van der Waals surface area contributed by atoms with Crippen LogP contribution in [0.2, 0.25) is 0 Å². The molecule has 29 heavy (non-hydrogen) atoms. The van der Waals surface area contributed by atoms with Crippen LogP contribution in [0.3, 0.4) is 0 Å². The second kappa shape index (κ2) is 9.88. The zero-order valence-corrected chi connectivity index (χ0v) is 17.7. The van der Waals surface area contributed by atoms with Crippen molar-refractivity contribution in [1.29, 1.82) is 0 Å². The van der Waals surface area contributed by atoms with E-state index in [9.17, 15) is 0 Å². The van der Waals surface area contributed by atoms with Gasteiger partial charge in [0.2, 0.25) is 0 Å². The number of nitrogens with zero attached hydrogens (tertiary/aromatic N) is 2. The normalized spacial score (nSPS) is 11.3. The van der Waals surface area contributed by atoms with E-state index in [4.69, 9.17) is 5.10 Å². The highest BCUT2D eigenvalue weighted by atomic mass is 15.4. The van der Waals surface area contributed by atoms with Crippen molar-refractivity contribution in [2.75, 3.05) is 7.05 Å². The molecular weight excluding hydrogens is 352 g/mol. The molecular formula is C27H30N2. The fourth-order valence-electron chi connectivity index (χ4n) is 3.66. The Morgan fingerprint density at radius 1 is 0.897 bits per heavy atom. The van der Waals surface area contributed by atoms with E-state index in [2.05, 4.69) is 81.1 Å². The molecule has 0 spiro atoms. The largest absolute Gasteiger partial charge is 0.295 e. The minimum absolute atomic E-state index is 0.758. The Morgan fingerprint density at radius 2 is 1.59 bits per heavy atom. The van der Waals surface area contributed by atoms with Gasteiger partial charge in [-0.25, -0.2) is 0 Å². The van der Waals surface area contributed by atoms with Crippen molar-refractivity contribution < 1.29 is 0 Å². The van der Waals surface area contributed by atoms with Crippen LogP contribution in [0.4, 0.5) is 0 Å². The van der Waals surface area contributed by atoms with Crippen LogP contribution in [-0.4, -0.2) is 17.8 Å². The third-order valence-corrected chi connectivity index (χ3v) is 5.20. The van der Waals surface area contributed by atoms with Crippen LogP contribution in [0.25, 0.3) is 6.08 Å².